The van der Waals surface area contributed by atoms with E-state index in [0.29, 0.717) is 0 Å². The number of rotatable bonds is 0. The lowest BCUT2D eigenvalue weighted by Crippen LogP contribution is -2.50. The van der Waals surface area contributed by atoms with Crippen molar-refractivity contribution >= 4 is 17.8 Å². The zero-order valence-corrected chi connectivity index (χ0v) is 5.42. The van der Waals surface area contributed by atoms with E-state index < -0.39 is 11.8 Å². The summed E-state index contributed by atoms with van der Waals surface area (Å²) < 4.78 is 0. The molecule has 0 atom stereocenters. The fraction of sp³-hybridized carbons (Fsp3) is 0.200. The first-order chi connectivity index (χ1) is 5.22. The van der Waals surface area contributed by atoms with Gasteiger partial charge in [0.05, 0.1) is 0 Å². The van der Waals surface area contributed by atoms with E-state index in [4.69, 9.17) is 5.26 Å². The van der Waals surface area contributed by atoms with E-state index in [2.05, 4.69) is 15.6 Å². The molecule has 0 spiro atoms. The monoisotopic (exact) mass is 152 g/mol. The molecule has 0 aromatic heterocycles. The van der Waals surface area contributed by atoms with E-state index in [1.165, 1.54) is 6.19 Å². The number of nitrogens with one attached hydrogen (secondary N) is 2. The molecular weight excluding hydrogens is 148 g/mol. The normalized spacial score (nSPS) is 16.5. The zero-order valence-electron chi connectivity index (χ0n) is 5.42. The van der Waals surface area contributed by atoms with Gasteiger partial charge >= 0.3 is 0 Å². The van der Waals surface area contributed by atoms with Crippen molar-refractivity contribution in [2.75, 3.05) is 0 Å². The van der Waals surface area contributed by atoms with Crippen molar-refractivity contribution in [2.45, 2.75) is 6.42 Å². The van der Waals surface area contributed by atoms with Gasteiger partial charge in [0.2, 0.25) is 24.0 Å². The van der Waals surface area contributed by atoms with E-state index in [9.17, 15) is 9.59 Å². The fourth-order valence-corrected chi connectivity index (χ4v) is 0.635. The summed E-state index contributed by atoms with van der Waals surface area (Å²) >= 11 is 0. The molecule has 0 saturated carbocycles. The molecular formula is C5H4N4O2. The largest absolute Gasteiger partial charge is 0.295 e. The number of nitriles is 1. The minimum absolute atomic E-state index is 0.103. The Labute approximate surface area is 61.9 Å². The van der Waals surface area contributed by atoms with Gasteiger partial charge in [-0.1, -0.05) is 0 Å². The summed E-state index contributed by atoms with van der Waals surface area (Å²) in [5.41, 5.74) is 0. The number of carbonyl (C=O) groups is 2. The molecule has 0 aromatic carbocycles. The quantitative estimate of drug-likeness (QED) is 0.325. The van der Waals surface area contributed by atoms with Crippen LogP contribution in [0.1, 0.15) is 6.42 Å². The number of hydrogen-bond donors (Lipinski definition) is 2. The Morgan fingerprint density at radius 2 is 1.91 bits per heavy atom. The molecule has 2 N–H and O–H groups in total. The van der Waals surface area contributed by atoms with E-state index >= 15 is 0 Å². The Balaban J connectivity index is 2.73. The third-order valence-corrected chi connectivity index (χ3v) is 0.999. The first-order valence-corrected chi connectivity index (χ1v) is 2.79. The minimum Gasteiger partial charge on any atom is -0.295 e. The number of guanidine groups is 1. The second-order valence-electron chi connectivity index (χ2n) is 1.83. The van der Waals surface area contributed by atoms with E-state index in [1.807, 2.05) is 0 Å². The molecule has 0 bridgehead atoms. The molecule has 0 aromatic rings. The molecule has 1 saturated heterocycles. The molecule has 0 radical (unpaired) electrons. The molecule has 6 heteroatoms. The fourth-order valence-electron chi connectivity index (χ4n) is 0.635. The van der Waals surface area contributed by atoms with Crippen molar-refractivity contribution in [3.05, 3.63) is 0 Å². The number of hydrogen-bond acceptors (Lipinski definition) is 4. The minimum atomic E-state index is -0.456. The van der Waals surface area contributed by atoms with Crippen LogP contribution in [0, 0.1) is 11.5 Å². The Bertz CT molecular complexity index is 257. The van der Waals surface area contributed by atoms with Crippen LogP contribution in [-0.4, -0.2) is 17.8 Å². The maximum atomic E-state index is 10.6. The van der Waals surface area contributed by atoms with E-state index in [-0.39, 0.29) is 12.4 Å². The summed E-state index contributed by atoms with van der Waals surface area (Å²) in [6, 6.07) is 0. The highest BCUT2D eigenvalue weighted by Gasteiger charge is 2.19. The van der Waals surface area contributed by atoms with Gasteiger partial charge in [-0.3, -0.25) is 20.2 Å². The van der Waals surface area contributed by atoms with Crippen LogP contribution in [0.2, 0.25) is 0 Å². The SMILES string of the molecule is N#CN=C1NC(=O)CC(=O)N1. The molecule has 0 unspecified atom stereocenters. The standard InChI is InChI=1S/C5H4N4O2/c6-2-7-5-8-3(10)1-4(11)9-5/h1H2,(H2,7,8,9,10,11). The summed E-state index contributed by atoms with van der Waals surface area (Å²) in [5.74, 6) is -1.01. The topological polar surface area (TPSA) is 94.3 Å². The Hall–Kier alpha value is -1.90. The summed E-state index contributed by atoms with van der Waals surface area (Å²) in [7, 11) is 0. The summed E-state index contributed by atoms with van der Waals surface area (Å²) in [5, 5.41) is 12.5. The van der Waals surface area contributed by atoms with Crippen LogP contribution in [0.5, 0.6) is 0 Å². The number of aliphatic imine (C=N–C) groups is 1. The number of carbonyl (C=O) groups excluding carboxylic acids is 2. The van der Waals surface area contributed by atoms with Crippen LogP contribution in [0.3, 0.4) is 0 Å². The molecule has 1 fully saturated rings. The highest BCUT2D eigenvalue weighted by atomic mass is 16.2. The van der Waals surface area contributed by atoms with Gasteiger partial charge in [0.1, 0.15) is 6.42 Å². The first-order valence-electron chi connectivity index (χ1n) is 2.79. The van der Waals surface area contributed by atoms with Gasteiger partial charge in [-0.25, -0.2) is 0 Å². The highest BCUT2D eigenvalue weighted by Crippen LogP contribution is 1.87. The van der Waals surface area contributed by atoms with Crippen molar-refractivity contribution in [2.24, 2.45) is 4.99 Å². The van der Waals surface area contributed by atoms with E-state index in [1.54, 1.807) is 0 Å². The average Bonchev–Trinajstić information content (AvgIpc) is 1.85. The van der Waals surface area contributed by atoms with Gasteiger partial charge in [0.15, 0.2) is 0 Å². The van der Waals surface area contributed by atoms with Crippen LogP contribution in [-0.2, 0) is 9.59 Å². The Kier molecular flexibility index (Phi) is 1.83. The van der Waals surface area contributed by atoms with Gasteiger partial charge in [0.25, 0.3) is 0 Å². The molecule has 1 aliphatic heterocycles. The van der Waals surface area contributed by atoms with Gasteiger partial charge in [-0.05, 0) is 0 Å². The second-order valence-corrected chi connectivity index (χ2v) is 1.83. The molecule has 56 valence electrons. The predicted molar refractivity (Wildman–Crippen MR) is 34.0 cm³/mol. The Morgan fingerprint density at radius 1 is 1.36 bits per heavy atom. The maximum Gasteiger partial charge on any atom is 0.236 e. The lowest BCUT2D eigenvalue weighted by Gasteiger charge is -2.12. The predicted octanol–water partition coefficient (Wildman–Crippen LogP) is -1.54. The molecule has 1 heterocycles. The summed E-state index contributed by atoms with van der Waals surface area (Å²) in [6.07, 6.45) is 1.22. The van der Waals surface area contributed by atoms with Crippen LogP contribution >= 0.6 is 0 Å². The Morgan fingerprint density at radius 3 is 2.36 bits per heavy atom. The first kappa shape index (κ1) is 7.21. The molecule has 0 aliphatic carbocycles. The zero-order chi connectivity index (χ0) is 8.27. The van der Waals surface area contributed by atoms with Crippen LogP contribution in [0.4, 0.5) is 0 Å². The smallest absolute Gasteiger partial charge is 0.236 e. The number of amides is 2. The lowest BCUT2D eigenvalue weighted by atomic mass is 10.3. The molecule has 11 heavy (non-hydrogen) atoms. The van der Waals surface area contributed by atoms with Crippen molar-refractivity contribution < 1.29 is 9.59 Å². The van der Waals surface area contributed by atoms with Gasteiger partial charge in [-0.2, -0.15) is 5.26 Å². The lowest BCUT2D eigenvalue weighted by molar-refractivity contribution is -0.129. The third kappa shape index (κ3) is 1.76. The second kappa shape index (κ2) is 2.79. The van der Waals surface area contributed by atoms with Crippen LogP contribution < -0.4 is 10.6 Å². The van der Waals surface area contributed by atoms with Crippen molar-refractivity contribution in [3.8, 4) is 6.19 Å². The average molecular weight is 152 g/mol. The molecule has 2 amide bonds. The van der Waals surface area contributed by atoms with Gasteiger partial charge in [0, 0.05) is 0 Å². The molecule has 1 rings (SSSR count). The maximum absolute atomic E-state index is 10.6. The highest BCUT2D eigenvalue weighted by molar-refractivity contribution is 6.15. The summed E-state index contributed by atoms with van der Waals surface area (Å²) in [6.45, 7) is 0. The van der Waals surface area contributed by atoms with E-state index in [0.717, 1.165) is 0 Å². The van der Waals surface area contributed by atoms with Crippen molar-refractivity contribution in [1.82, 2.24) is 10.6 Å². The third-order valence-electron chi connectivity index (χ3n) is 0.999. The van der Waals surface area contributed by atoms with Gasteiger partial charge < -0.3 is 0 Å². The van der Waals surface area contributed by atoms with Crippen LogP contribution in [0.15, 0.2) is 4.99 Å². The summed E-state index contributed by atoms with van der Waals surface area (Å²) in [4.78, 5) is 24.3. The van der Waals surface area contributed by atoms with Crippen molar-refractivity contribution in [3.63, 3.8) is 0 Å². The molecule has 1 aliphatic rings. The molecule has 6 nitrogen and oxygen atoms in total. The van der Waals surface area contributed by atoms with Crippen molar-refractivity contribution in [1.29, 1.82) is 5.26 Å². The number of nitrogens with zero attached hydrogens (tertiary/aromatic N) is 2. The van der Waals surface area contributed by atoms with Crippen LogP contribution in [0.25, 0.3) is 0 Å². The van der Waals surface area contributed by atoms with Gasteiger partial charge in [-0.15, -0.1) is 4.99 Å².